The van der Waals surface area contributed by atoms with E-state index in [4.69, 9.17) is 0 Å². The zero-order chi connectivity index (χ0) is 17.9. The number of allylic oxidation sites excluding steroid dienone is 1. The molecule has 24 heavy (non-hydrogen) atoms. The lowest BCUT2D eigenvalue weighted by molar-refractivity contribution is 0.0340. The first-order chi connectivity index (χ1) is 11.2. The molecule has 3 heteroatoms. The summed E-state index contributed by atoms with van der Waals surface area (Å²) >= 11 is 0. The molecule has 1 unspecified atom stereocenters. The summed E-state index contributed by atoms with van der Waals surface area (Å²) in [5, 5.41) is 31.7. The number of hydrogen-bond acceptors (Lipinski definition) is 3. The van der Waals surface area contributed by atoms with Gasteiger partial charge in [-0.25, -0.2) is 0 Å². The third-order valence-electron chi connectivity index (χ3n) is 5.12. The van der Waals surface area contributed by atoms with Crippen molar-refractivity contribution in [2.24, 2.45) is 11.8 Å². The van der Waals surface area contributed by atoms with Crippen LogP contribution in [0, 0.1) is 11.8 Å². The molecule has 3 N–H and O–H groups in total. The van der Waals surface area contributed by atoms with Crippen LogP contribution in [0.5, 0.6) is 11.5 Å². The third kappa shape index (κ3) is 4.32. The molecule has 2 atom stereocenters. The Hall–Kier alpha value is -1.48. The van der Waals surface area contributed by atoms with Crippen LogP contribution in [0.15, 0.2) is 18.2 Å². The fraction of sp³-hybridized carbons (Fsp3) is 0.619. The molecule has 0 heterocycles. The van der Waals surface area contributed by atoms with E-state index in [0.717, 1.165) is 49.7 Å². The second kappa shape index (κ2) is 7.60. The fourth-order valence-electron chi connectivity index (χ4n) is 3.77. The normalized spacial score (nSPS) is 21.6. The molecule has 1 aromatic carbocycles. The Kier molecular flexibility index (Phi) is 5.97. The predicted octanol–water partition coefficient (Wildman–Crippen LogP) is 5.03. The Bertz CT molecular complexity index is 573. The molecular weight excluding hydrogens is 300 g/mol. The monoisotopic (exact) mass is 332 g/mol. The fourth-order valence-corrected chi connectivity index (χ4v) is 3.77. The van der Waals surface area contributed by atoms with Crippen molar-refractivity contribution in [3.8, 4) is 11.5 Å². The highest BCUT2D eigenvalue weighted by atomic mass is 16.3. The molecular formula is C21H32O3. The van der Waals surface area contributed by atoms with E-state index in [1.54, 1.807) is 26.0 Å². The smallest absolute Gasteiger partial charge is 0.127 e. The molecule has 0 amide bonds. The highest BCUT2D eigenvalue weighted by Crippen LogP contribution is 2.46. The van der Waals surface area contributed by atoms with Crippen molar-refractivity contribution in [3.63, 3.8) is 0 Å². The highest BCUT2D eigenvalue weighted by molar-refractivity contribution is 5.78. The minimum atomic E-state index is -0.884. The Balaban J connectivity index is 2.39. The summed E-state index contributed by atoms with van der Waals surface area (Å²) in [7, 11) is 0. The molecule has 0 radical (unpaired) electrons. The van der Waals surface area contributed by atoms with Gasteiger partial charge in [0, 0.05) is 5.92 Å². The van der Waals surface area contributed by atoms with Gasteiger partial charge in [-0.15, -0.1) is 0 Å². The summed E-state index contributed by atoms with van der Waals surface area (Å²) in [5.41, 5.74) is 1.45. The quantitative estimate of drug-likeness (QED) is 0.640. The van der Waals surface area contributed by atoms with Gasteiger partial charge in [0.2, 0.25) is 0 Å². The Morgan fingerprint density at radius 1 is 1.08 bits per heavy atom. The van der Waals surface area contributed by atoms with Crippen LogP contribution in [-0.2, 0) is 6.42 Å². The van der Waals surface area contributed by atoms with Gasteiger partial charge in [-0.1, -0.05) is 32.8 Å². The van der Waals surface area contributed by atoms with Crippen molar-refractivity contribution in [2.45, 2.75) is 71.8 Å². The number of aromatic hydroxyl groups is 2. The van der Waals surface area contributed by atoms with Crippen LogP contribution in [0.1, 0.15) is 70.9 Å². The zero-order valence-electron chi connectivity index (χ0n) is 15.5. The minimum absolute atomic E-state index is 0.0866. The maximum Gasteiger partial charge on any atom is 0.127 e. The van der Waals surface area contributed by atoms with E-state index in [1.807, 2.05) is 0 Å². The van der Waals surface area contributed by atoms with Gasteiger partial charge < -0.3 is 15.3 Å². The number of hydrogen-bond donors (Lipinski definition) is 3. The molecule has 1 aliphatic carbocycles. The van der Waals surface area contributed by atoms with Crippen LogP contribution in [0.25, 0.3) is 5.57 Å². The molecule has 1 aromatic rings. The summed E-state index contributed by atoms with van der Waals surface area (Å²) in [6, 6.07) is 3.54. The van der Waals surface area contributed by atoms with Gasteiger partial charge in [0.1, 0.15) is 11.5 Å². The van der Waals surface area contributed by atoms with Gasteiger partial charge in [0.05, 0.1) is 11.2 Å². The number of phenolic OH excluding ortho intramolecular Hbond substituents is 2. The average Bonchev–Trinajstić information content (AvgIpc) is 2.45. The number of rotatable bonds is 6. The largest absolute Gasteiger partial charge is 0.507 e. The lowest BCUT2D eigenvalue weighted by Crippen LogP contribution is -2.34. The van der Waals surface area contributed by atoms with E-state index in [0.29, 0.717) is 11.5 Å². The summed E-state index contributed by atoms with van der Waals surface area (Å²) in [6.07, 6.45) is 8.17. The van der Waals surface area contributed by atoms with Crippen molar-refractivity contribution in [2.75, 3.05) is 0 Å². The summed E-state index contributed by atoms with van der Waals surface area (Å²) in [5.74, 6) is 0.533. The van der Waals surface area contributed by atoms with Crippen LogP contribution in [0.4, 0.5) is 0 Å². The van der Waals surface area contributed by atoms with Crippen molar-refractivity contribution in [1.82, 2.24) is 0 Å². The number of aliphatic hydroxyl groups is 1. The molecule has 0 aliphatic heterocycles. The summed E-state index contributed by atoms with van der Waals surface area (Å²) in [4.78, 5) is 0. The van der Waals surface area contributed by atoms with Crippen molar-refractivity contribution < 1.29 is 15.3 Å². The van der Waals surface area contributed by atoms with Crippen LogP contribution in [0.2, 0.25) is 0 Å². The van der Waals surface area contributed by atoms with E-state index in [9.17, 15) is 15.3 Å². The van der Waals surface area contributed by atoms with Gasteiger partial charge in [-0.05, 0) is 68.7 Å². The molecule has 0 saturated heterocycles. The van der Waals surface area contributed by atoms with Crippen molar-refractivity contribution in [1.29, 1.82) is 0 Å². The SMILES string of the molecule is CCCCCc1cc(O)c(C2=CC(C)CC[C@H]2C(C)(C)O)c(O)c1. The van der Waals surface area contributed by atoms with Crippen LogP contribution >= 0.6 is 0 Å². The van der Waals surface area contributed by atoms with Gasteiger partial charge in [-0.3, -0.25) is 0 Å². The number of phenols is 2. The molecule has 134 valence electrons. The second-order valence-corrected chi connectivity index (χ2v) is 7.85. The van der Waals surface area contributed by atoms with E-state index in [-0.39, 0.29) is 17.4 Å². The second-order valence-electron chi connectivity index (χ2n) is 7.85. The molecule has 0 aromatic heterocycles. The van der Waals surface area contributed by atoms with E-state index < -0.39 is 5.60 Å². The maximum absolute atomic E-state index is 10.6. The Morgan fingerprint density at radius 2 is 1.71 bits per heavy atom. The predicted molar refractivity (Wildman–Crippen MR) is 99.2 cm³/mol. The van der Waals surface area contributed by atoms with Crippen molar-refractivity contribution in [3.05, 3.63) is 29.3 Å². The molecule has 1 aliphatic rings. The topological polar surface area (TPSA) is 60.7 Å². The lowest BCUT2D eigenvalue weighted by atomic mass is 9.72. The molecule has 2 rings (SSSR count). The minimum Gasteiger partial charge on any atom is -0.507 e. The van der Waals surface area contributed by atoms with E-state index in [2.05, 4.69) is 19.9 Å². The zero-order valence-corrected chi connectivity index (χ0v) is 15.5. The molecule has 0 fully saturated rings. The van der Waals surface area contributed by atoms with E-state index >= 15 is 0 Å². The van der Waals surface area contributed by atoms with Gasteiger partial charge >= 0.3 is 0 Å². The third-order valence-corrected chi connectivity index (χ3v) is 5.12. The summed E-state index contributed by atoms with van der Waals surface area (Å²) < 4.78 is 0. The van der Waals surface area contributed by atoms with Crippen LogP contribution < -0.4 is 0 Å². The molecule has 0 saturated carbocycles. The van der Waals surface area contributed by atoms with Gasteiger partial charge in [0.15, 0.2) is 0 Å². The van der Waals surface area contributed by atoms with Gasteiger partial charge in [0.25, 0.3) is 0 Å². The molecule has 3 nitrogen and oxygen atoms in total. The summed E-state index contributed by atoms with van der Waals surface area (Å²) in [6.45, 7) is 7.89. The van der Waals surface area contributed by atoms with Crippen LogP contribution in [0.3, 0.4) is 0 Å². The first kappa shape index (κ1) is 18.9. The van der Waals surface area contributed by atoms with Crippen molar-refractivity contribution >= 4 is 5.57 Å². The standard InChI is InChI=1S/C21H32O3/c1-5-6-7-8-15-12-18(22)20(19(23)13-15)16-11-14(2)9-10-17(16)21(3,4)24/h11-14,17,22-24H,5-10H2,1-4H3/t14?,17-/m1/s1. The van der Waals surface area contributed by atoms with Gasteiger partial charge in [-0.2, -0.15) is 0 Å². The molecule has 0 bridgehead atoms. The lowest BCUT2D eigenvalue weighted by Gasteiger charge is -2.36. The Morgan fingerprint density at radius 3 is 2.25 bits per heavy atom. The first-order valence-corrected chi connectivity index (χ1v) is 9.23. The number of benzene rings is 1. The Labute approximate surface area is 146 Å². The first-order valence-electron chi connectivity index (χ1n) is 9.23. The number of aryl methyl sites for hydroxylation is 1. The van der Waals surface area contributed by atoms with Crippen LogP contribution in [-0.4, -0.2) is 20.9 Å². The molecule has 0 spiro atoms. The highest BCUT2D eigenvalue weighted by Gasteiger charge is 2.35. The number of unbranched alkanes of at least 4 members (excludes halogenated alkanes) is 2. The average molecular weight is 332 g/mol. The maximum atomic E-state index is 10.6. The van der Waals surface area contributed by atoms with E-state index in [1.165, 1.54) is 0 Å².